The van der Waals surface area contributed by atoms with Crippen molar-refractivity contribution in [2.24, 2.45) is 4.99 Å². The van der Waals surface area contributed by atoms with Crippen LogP contribution in [0.5, 0.6) is 11.5 Å². The summed E-state index contributed by atoms with van der Waals surface area (Å²) in [5.74, 6) is 0.638. The molecule has 0 N–H and O–H groups in total. The first-order valence-electron chi connectivity index (χ1n) is 9.47. The summed E-state index contributed by atoms with van der Waals surface area (Å²) < 4.78 is 18.0. The zero-order valence-corrected chi connectivity index (χ0v) is 20.4. The third-order valence-electron chi connectivity index (χ3n) is 4.58. The molecule has 0 radical (unpaired) electrons. The number of ether oxygens (including phenoxy) is 3. The van der Waals surface area contributed by atoms with Crippen LogP contribution in [0.15, 0.2) is 71.4 Å². The first-order valence-corrected chi connectivity index (χ1v) is 11.3. The van der Waals surface area contributed by atoms with E-state index in [1.807, 2.05) is 36.4 Å². The number of hydrogen-bond donors (Lipinski definition) is 0. The molecule has 0 aliphatic carbocycles. The molecule has 3 aromatic rings. The third kappa shape index (κ3) is 5.09. The van der Waals surface area contributed by atoms with E-state index in [0.29, 0.717) is 39.3 Å². The summed E-state index contributed by atoms with van der Waals surface area (Å²) in [6.07, 6.45) is 1.61. The monoisotopic (exact) mass is 579 g/mol. The van der Waals surface area contributed by atoms with Gasteiger partial charge in [-0.15, -0.1) is 0 Å². The maximum atomic E-state index is 12.5. The van der Waals surface area contributed by atoms with Gasteiger partial charge in [0, 0.05) is 14.7 Å². The number of benzene rings is 3. The standard InChI is InChI=1S/C24H16Cl2INO4/c1-30-21-7-3-5-15(22(21)31-13-14-4-2-6-17(27)10-14)12-20-24(29)32-23(28-20)16-8-9-18(25)19(26)11-16/h2-12H,13H2,1H3/b20-12-. The number of halogens is 3. The fraction of sp³-hybridized carbons (Fsp3) is 0.0833. The van der Waals surface area contributed by atoms with Crippen LogP contribution in [0, 0.1) is 3.57 Å². The Morgan fingerprint density at radius 1 is 1.06 bits per heavy atom. The van der Waals surface area contributed by atoms with Gasteiger partial charge in [0.25, 0.3) is 0 Å². The molecule has 4 rings (SSSR count). The summed E-state index contributed by atoms with van der Waals surface area (Å²) in [6, 6.07) is 18.3. The molecule has 0 spiro atoms. The molecule has 1 heterocycles. The van der Waals surface area contributed by atoms with Crippen molar-refractivity contribution in [3.63, 3.8) is 0 Å². The number of methoxy groups -OCH3 is 1. The number of aliphatic imine (C=N–C) groups is 1. The van der Waals surface area contributed by atoms with E-state index in [9.17, 15) is 4.79 Å². The molecule has 32 heavy (non-hydrogen) atoms. The average Bonchev–Trinajstić information content (AvgIpc) is 3.14. The van der Waals surface area contributed by atoms with Crippen LogP contribution in [0.3, 0.4) is 0 Å². The summed E-state index contributed by atoms with van der Waals surface area (Å²) in [4.78, 5) is 16.8. The Balaban J connectivity index is 1.66. The van der Waals surface area contributed by atoms with Gasteiger partial charge in [0.15, 0.2) is 17.2 Å². The van der Waals surface area contributed by atoms with E-state index in [1.165, 1.54) is 0 Å². The lowest BCUT2D eigenvalue weighted by Crippen LogP contribution is -2.05. The Labute approximate surface area is 208 Å². The number of nitrogens with zero attached hydrogens (tertiary/aromatic N) is 1. The SMILES string of the molecule is COc1cccc(/C=C2\N=C(c3ccc(Cl)c(Cl)c3)OC2=O)c1OCc1cccc(I)c1. The Hall–Kier alpha value is -2.55. The van der Waals surface area contributed by atoms with Crippen molar-refractivity contribution in [3.05, 3.63) is 96.7 Å². The number of hydrogen-bond acceptors (Lipinski definition) is 5. The highest BCUT2D eigenvalue weighted by atomic mass is 127. The van der Waals surface area contributed by atoms with Crippen molar-refractivity contribution in [1.29, 1.82) is 0 Å². The Kier molecular flexibility index (Phi) is 7.03. The number of carbonyl (C=O) groups is 1. The van der Waals surface area contributed by atoms with E-state index in [4.69, 9.17) is 37.4 Å². The molecule has 0 unspecified atom stereocenters. The number of esters is 1. The maximum Gasteiger partial charge on any atom is 0.363 e. The van der Waals surface area contributed by atoms with E-state index in [2.05, 4.69) is 27.6 Å². The first kappa shape index (κ1) is 22.6. The van der Waals surface area contributed by atoms with Gasteiger partial charge in [-0.1, -0.05) is 47.5 Å². The van der Waals surface area contributed by atoms with Gasteiger partial charge in [0.2, 0.25) is 5.90 Å². The lowest BCUT2D eigenvalue weighted by molar-refractivity contribution is -0.129. The van der Waals surface area contributed by atoms with Crippen LogP contribution in [0.4, 0.5) is 0 Å². The number of carbonyl (C=O) groups excluding carboxylic acids is 1. The second kappa shape index (κ2) is 9.94. The van der Waals surface area contributed by atoms with Crippen molar-refractivity contribution in [2.75, 3.05) is 7.11 Å². The van der Waals surface area contributed by atoms with E-state index >= 15 is 0 Å². The van der Waals surface area contributed by atoms with Crippen LogP contribution < -0.4 is 9.47 Å². The number of para-hydroxylation sites is 1. The molecular weight excluding hydrogens is 564 g/mol. The summed E-state index contributed by atoms with van der Waals surface area (Å²) in [5.41, 5.74) is 2.35. The topological polar surface area (TPSA) is 57.1 Å². The van der Waals surface area contributed by atoms with Gasteiger partial charge in [0.1, 0.15) is 6.61 Å². The van der Waals surface area contributed by atoms with Crippen molar-refractivity contribution in [1.82, 2.24) is 0 Å². The molecule has 5 nitrogen and oxygen atoms in total. The van der Waals surface area contributed by atoms with E-state index in [1.54, 1.807) is 37.5 Å². The number of cyclic esters (lactones) is 1. The number of rotatable bonds is 6. The molecular formula is C24H16Cl2INO4. The minimum atomic E-state index is -0.572. The Bertz CT molecular complexity index is 1260. The molecule has 162 valence electrons. The minimum absolute atomic E-state index is 0.137. The van der Waals surface area contributed by atoms with Crippen molar-refractivity contribution >= 4 is 63.7 Å². The Morgan fingerprint density at radius 3 is 2.62 bits per heavy atom. The molecule has 0 fully saturated rings. The quantitative estimate of drug-likeness (QED) is 0.189. The fourth-order valence-electron chi connectivity index (χ4n) is 3.05. The van der Waals surface area contributed by atoms with Crippen LogP contribution in [-0.4, -0.2) is 19.0 Å². The lowest BCUT2D eigenvalue weighted by atomic mass is 10.1. The van der Waals surface area contributed by atoms with Gasteiger partial charge in [-0.05, 0) is 70.6 Å². The first-order chi connectivity index (χ1) is 15.4. The Morgan fingerprint density at radius 2 is 1.88 bits per heavy atom. The van der Waals surface area contributed by atoms with Crippen molar-refractivity contribution < 1.29 is 19.0 Å². The van der Waals surface area contributed by atoms with Crippen LogP contribution >= 0.6 is 45.8 Å². The molecule has 0 aromatic heterocycles. The van der Waals surface area contributed by atoms with E-state index in [-0.39, 0.29) is 11.6 Å². The summed E-state index contributed by atoms with van der Waals surface area (Å²) in [7, 11) is 1.56. The van der Waals surface area contributed by atoms with Crippen LogP contribution in [-0.2, 0) is 16.1 Å². The highest BCUT2D eigenvalue weighted by Gasteiger charge is 2.25. The molecule has 3 aromatic carbocycles. The maximum absolute atomic E-state index is 12.5. The van der Waals surface area contributed by atoms with E-state index in [0.717, 1.165) is 9.13 Å². The van der Waals surface area contributed by atoms with Gasteiger partial charge >= 0.3 is 5.97 Å². The van der Waals surface area contributed by atoms with Crippen LogP contribution in [0.2, 0.25) is 10.0 Å². The summed E-state index contributed by atoms with van der Waals surface area (Å²) in [5, 5.41) is 0.752. The largest absolute Gasteiger partial charge is 0.493 e. The second-order valence-electron chi connectivity index (χ2n) is 6.76. The molecule has 8 heteroatoms. The van der Waals surface area contributed by atoms with Crippen molar-refractivity contribution in [3.8, 4) is 11.5 Å². The molecule has 0 amide bonds. The van der Waals surface area contributed by atoms with Crippen molar-refractivity contribution in [2.45, 2.75) is 6.61 Å². The molecule has 1 aliphatic rings. The predicted octanol–water partition coefficient (Wildman–Crippen LogP) is 6.53. The van der Waals surface area contributed by atoms with Gasteiger partial charge in [-0.25, -0.2) is 9.79 Å². The van der Waals surface area contributed by atoms with Gasteiger partial charge < -0.3 is 14.2 Å². The average molecular weight is 580 g/mol. The fourth-order valence-corrected chi connectivity index (χ4v) is 3.96. The summed E-state index contributed by atoms with van der Waals surface area (Å²) >= 11 is 14.3. The predicted molar refractivity (Wildman–Crippen MR) is 134 cm³/mol. The molecule has 0 bridgehead atoms. The molecule has 1 aliphatic heterocycles. The molecule has 0 saturated carbocycles. The van der Waals surface area contributed by atoms with Crippen LogP contribution in [0.25, 0.3) is 6.08 Å². The van der Waals surface area contributed by atoms with E-state index < -0.39 is 5.97 Å². The minimum Gasteiger partial charge on any atom is -0.493 e. The third-order valence-corrected chi connectivity index (χ3v) is 5.99. The van der Waals surface area contributed by atoms with Gasteiger partial charge in [-0.2, -0.15) is 0 Å². The second-order valence-corrected chi connectivity index (χ2v) is 8.82. The highest BCUT2D eigenvalue weighted by molar-refractivity contribution is 14.1. The summed E-state index contributed by atoms with van der Waals surface area (Å²) in [6.45, 7) is 0.343. The van der Waals surface area contributed by atoms with Gasteiger partial charge in [-0.3, -0.25) is 0 Å². The normalized spacial score (nSPS) is 14.3. The van der Waals surface area contributed by atoms with Gasteiger partial charge in [0.05, 0.1) is 17.2 Å². The zero-order valence-electron chi connectivity index (χ0n) is 16.8. The molecule has 0 saturated heterocycles. The van der Waals surface area contributed by atoms with Crippen LogP contribution in [0.1, 0.15) is 16.7 Å². The molecule has 0 atom stereocenters. The lowest BCUT2D eigenvalue weighted by Gasteiger charge is -2.13. The zero-order chi connectivity index (χ0) is 22.7. The smallest absolute Gasteiger partial charge is 0.363 e. The highest BCUT2D eigenvalue weighted by Crippen LogP contribution is 2.34.